The first-order valence-electron chi connectivity index (χ1n) is 7.48. The average Bonchev–Trinajstić information content (AvgIpc) is 2.93. The number of carbonyl (C=O) groups excluding carboxylic acids is 1. The summed E-state index contributed by atoms with van der Waals surface area (Å²) in [7, 11) is 2.18. The number of hydrogen-bond acceptors (Lipinski definition) is 3. The summed E-state index contributed by atoms with van der Waals surface area (Å²) >= 11 is 0. The van der Waals surface area contributed by atoms with Gasteiger partial charge < -0.3 is 15.5 Å². The number of nitrogens with zero attached hydrogens (tertiary/aromatic N) is 1. The van der Waals surface area contributed by atoms with Crippen LogP contribution in [0, 0.1) is 0 Å². The molecule has 0 radical (unpaired) electrons. The smallest absolute Gasteiger partial charge is 0.237 e. The van der Waals surface area contributed by atoms with E-state index in [0.29, 0.717) is 0 Å². The van der Waals surface area contributed by atoms with E-state index in [1.165, 1.54) is 38.5 Å². The topological polar surface area (TPSA) is 44.4 Å². The lowest BCUT2D eigenvalue weighted by atomic mass is 10.0. The van der Waals surface area contributed by atoms with E-state index in [1.54, 1.807) is 0 Å². The number of halogens is 2. The zero-order valence-corrected chi connectivity index (χ0v) is 14.0. The summed E-state index contributed by atoms with van der Waals surface area (Å²) in [6, 6.07) is 0.797. The normalized spacial score (nSPS) is 23.0. The number of amides is 1. The van der Waals surface area contributed by atoms with Crippen LogP contribution in [0.4, 0.5) is 0 Å². The minimum absolute atomic E-state index is 0. The number of likely N-dealkylation sites (N-methyl/N-ethyl adjacent to an activating group) is 1. The Hall–Kier alpha value is -0.0300. The number of carbonyl (C=O) groups is 1. The quantitative estimate of drug-likeness (QED) is 0.812. The fraction of sp³-hybridized carbons (Fsp3) is 0.929. The molecule has 0 spiro atoms. The zero-order valence-electron chi connectivity index (χ0n) is 12.4. The Kier molecular flexibility index (Phi) is 10.6. The minimum atomic E-state index is 0. The van der Waals surface area contributed by atoms with Crippen molar-refractivity contribution in [1.29, 1.82) is 0 Å². The zero-order chi connectivity index (χ0) is 12.8. The monoisotopic (exact) mass is 325 g/mol. The molecule has 1 heterocycles. The van der Waals surface area contributed by atoms with Gasteiger partial charge >= 0.3 is 0 Å². The van der Waals surface area contributed by atoms with Crippen LogP contribution in [0.25, 0.3) is 0 Å². The first kappa shape index (κ1) is 20.0. The van der Waals surface area contributed by atoms with Gasteiger partial charge in [-0.25, -0.2) is 0 Å². The number of hydrogen-bond donors (Lipinski definition) is 2. The summed E-state index contributed by atoms with van der Waals surface area (Å²) < 4.78 is 0. The highest BCUT2D eigenvalue weighted by atomic mass is 35.5. The van der Waals surface area contributed by atoms with Gasteiger partial charge in [0.1, 0.15) is 0 Å². The van der Waals surface area contributed by atoms with Crippen LogP contribution in [0.3, 0.4) is 0 Å². The molecule has 2 rings (SSSR count). The van der Waals surface area contributed by atoms with Crippen molar-refractivity contribution in [2.75, 3.05) is 26.7 Å². The first-order chi connectivity index (χ1) is 8.77. The van der Waals surface area contributed by atoms with Crippen molar-refractivity contribution >= 4 is 30.7 Å². The Labute approximate surface area is 135 Å². The largest absolute Gasteiger partial charge is 0.353 e. The van der Waals surface area contributed by atoms with Crippen LogP contribution in [-0.4, -0.2) is 49.6 Å². The maximum Gasteiger partial charge on any atom is 0.237 e. The molecule has 0 bridgehead atoms. The van der Waals surface area contributed by atoms with Gasteiger partial charge in [-0.2, -0.15) is 0 Å². The number of piperidine rings is 1. The molecule has 6 heteroatoms. The lowest BCUT2D eigenvalue weighted by Crippen LogP contribution is -2.48. The van der Waals surface area contributed by atoms with E-state index in [-0.39, 0.29) is 36.8 Å². The molecule has 120 valence electrons. The molecule has 1 aliphatic carbocycles. The Morgan fingerprint density at radius 3 is 2.40 bits per heavy atom. The lowest BCUT2D eigenvalue weighted by Gasteiger charge is -2.26. The van der Waals surface area contributed by atoms with Crippen molar-refractivity contribution in [2.45, 2.75) is 57.0 Å². The van der Waals surface area contributed by atoms with Gasteiger partial charge in [0.2, 0.25) is 5.91 Å². The summed E-state index contributed by atoms with van der Waals surface area (Å²) in [6.45, 7) is 2.74. The highest BCUT2D eigenvalue weighted by Crippen LogP contribution is 2.21. The third-order valence-corrected chi connectivity index (χ3v) is 4.34. The van der Waals surface area contributed by atoms with Gasteiger partial charge in [0, 0.05) is 19.1 Å². The maximum absolute atomic E-state index is 11.9. The van der Waals surface area contributed by atoms with Gasteiger partial charge in [-0.1, -0.05) is 19.3 Å². The minimum Gasteiger partial charge on any atom is -0.353 e. The molecule has 1 aliphatic heterocycles. The van der Waals surface area contributed by atoms with Crippen LogP contribution in [0.15, 0.2) is 0 Å². The summed E-state index contributed by atoms with van der Waals surface area (Å²) in [5.41, 5.74) is 0. The van der Waals surface area contributed by atoms with Crippen molar-refractivity contribution < 1.29 is 4.79 Å². The summed E-state index contributed by atoms with van der Waals surface area (Å²) in [4.78, 5) is 14.3. The predicted molar refractivity (Wildman–Crippen MR) is 88.0 cm³/mol. The maximum atomic E-state index is 11.9. The van der Waals surface area contributed by atoms with Crippen molar-refractivity contribution in [2.24, 2.45) is 0 Å². The van der Waals surface area contributed by atoms with Gasteiger partial charge in [0.25, 0.3) is 0 Å². The number of nitrogens with one attached hydrogen (secondary N) is 2. The first-order valence-corrected chi connectivity index (χ1v) is 7.48. The van der Waals surface area contributed by atoms with Crippen LogP contribution >= 0.6 is 24.8 Å². The molecular weight excluding hydrogens is 297 g/mol. The van der Waals surface area contributed by atoms with E-state index in [0.717, 1.165) is 32.1 Å². The molecule has 1 saturated heterocycles. The molecule has 2 fully saturated rings. The SMILES string of the molecule is CN(CCNC(=O)[C@H]1CCCCN1)C1CCCC1.Cl.Cl. The van der Waals surface area contributed by atoms with E-state index < -0.39 is 0 Å². The lowest BCUT2D eigenvalue weighted by molar-refractivity contribution is -0.123. The molecule has 1 atom stereocenters. The summed E-state index contributed by atoms with van der Waals surface area (Å²) in [5.74, 6) is 0.189. The average molecular weight is 326 g/mol. The molecule has 4 nitrogen and oxygen atoms in total. The van der Waals surface area contributed by atoms with Crippen molar-refractivity contribution in [3.63, 3.8) is 0 Å². The van der Waals surface area contributed by atoms with E-state index in [9.17, 15) is 4.79 Å². The van der Waals surface area contributed by atoms with Crippen LogP contribution in [0.5, 0.6) is 0 Å². The Morgan fingerprint density at radius 1 is 1.15 bits per heavy atom. The Morgan fingerprint density at radius 2 is 1.80 bits per heavy atom. The third kappa shape index (κ3) is 6.17. The molecule has 0 aromatic carbocycles. The second kappa shape index (κ2) is 10.7. The van der Waals surface area contributed by atoms with Crippen molar-refractivity contribution in [3.05, 3.63) is 0 Å². The number of rotatable bonds is 5. The molecule has 0 unspecified atom stereocenters. The van der Waals surface area contributed by atoms with Crippen LogP contribution in [-0.2, 0) is 4.79 Å². The highest BCUT2D eigenvalue weighted by Gasteiger charge is 2.21. The molecule has 0 aromatic heterocycles. The van der Waals surface area contributed by atoms with Crippen LogP contribution in [0.2, 0.25) is 0 Å². The van der Waals surface area contributed by atoms with Gasteiger partial charge in [0.05, 0.1) is 6.04 Å². The van der Waals surface area contributed by atoms with Crippen molar-refractivity contribution in [1.82, 2.24) is 15.5 Å². The fourth-order valence-corrected chi connectivity index (χ4v) is 3.08. The highest BCUT2D eigenvalue weighted by molar-refractivity contribution is 5.85. The Balaban J connectivity index is 0.00000180. The van der Waals surface area contributed by atoms with Gasteiger partial charge in [-0.3, -0.25) is 4.79 Å². The van der Waals surface area contributed by atoms with Crippen LogP contribution < -0.4 is 10.6 Å². The van der Waals surface area contributed by atoms with Gasteiger partial charge in [-0.05, 0) is 39.3 Å². The second-order valence-corrected chi connectivity index (χ2v) is 5.71. The predicted octanol–water partition coefficient (Wildman–Crippen LogP) is 1.96. The van der Waals surface area contributed by atoms with E-state index in [4.69, 9.17) is 0 Å². The summed E-state index contributed by atoms with van der Waals surface area (Å²) in [5, 5.41) is 6.35. The van der Waals surface area contributed by atoms with E-state index in [2.05, 4.69) is 22.6 Å². The van der Waals surface area contributed by atoms with Gasteiger partial charge in [0.15, 0.2) is 0 Å². The second-order valence-electron chi connectivity index (χ2n) is 5.71. The standard InChI is InChI=1S/C14H27N3O.2ClH/c1-17(12-6-2-3-7-12)11-10-16-14(18)13-8-4-5-9-15-13;;/h12-13,15H,2-11H2,1H3,(H,16,18);2*1H/t13-;;/m1../s1. The van der Waals surface area contributed by atoms with Gasteiger partial charge in [-0.15, -0.1) is 24.8 Å². The molecule has 20 heavy (non-hydrogen) atoms. The molecule has 1 saturated carbocycles. The molecule has 2 aliphatic rings. The Bertz CT molecular complexity index is 267. The van der Waals surface area contributed by atoms with E-state index >= 15 is 0 Å². The molecule has 0 aromatic rings. The molecular formula is C14H29Cl2N3O. The van der Waals surface area contributed by atoms with Crippen molar-refractivity contribution in [3.8, 4) is 0 Å². The third-order valence-electron chi connectivity index (χ3n) is 4.34. The van der Waals surface area contributed by atoms with Crippen LogP contribution in [0.1, 0.15) is 44.9 Å². The molecule has 1 amide bonds. The molecule has 2 N–H and O–H groups in total. The summed E-state index contributed by atoms with van der Waals surface area (Å²) in [6.07, 6.45) is 8.76. The fourth-order valence-electron chi connectivity index (χ4n) is 3.08. The van der Waals surface area contributed by atoms with E-state index in [1.807, 2.05) is 0 Å².